The molecule has 1 unspecified atom stereocenters. The standard InChI is InChI=1S/C12H15Cl2NO/c1-3-12(2,7-15)11(16)8-4-5-9(13)10(14)6-8/h4-6H,3,7,15H2,1-2H3. The molecule has 88 valence electrons. The number of rotatable bonds is 4. The summed E-state index contributed by atoms with van der Waals surface area (Å²) < 4.78 is 0. The van der Waals surface area contributed by atoms with Crippen LogP contribution in [-0.2, 0) is 0 Å². The van der Waals surface area contributed by atoms with Gasteiger partial charge in [-0.3, -0.25) is 4.79 Å². The number of benzene rings is 1. The fraction of sp³-hybridized carbons (Fsp3) is 0.417. The van der Waals surface area contributed by atoms with Crippen molar-refractivity contribution >= 4 is 29.0 Å². The van der Waals surface area contributed by atoms with Crippen molar-refractivity contribution in [2.45, 2.75) is 20.3 Å². The molecule has 0 amide bonds. The van der Waals surface area contributed by atoms with Gasteiger partial charge in [0.15, 0.2) is 5.78 Å². The van der Waals surface area contributed by atoms with Gasteiger partial charge in [-0.05, 0) is 24.6 Å². The van der Waals surface area contributed by atoms with E-state index in [1.165, 1.54) is 0 Å². The molecule has 0 saturated heterocycles. The van der Waals surface area contributed by atoms with E-state index in [2.05, 4.69) is 0 Å². The Kier molecular flexibility index (Phi) is 4.36. The first-order valence-corrected chi connectivity index (χ1v) is 5.90. The Morgan fingerprint density at radius 3 is 2.44 bits per heavy atom. The number of hydrogen-bond acceptors (Lipinski definition) is 2. The minimum Gasteiger partial charge on any atom is -0.329 e. The molecule has 1 rings (SSSR count). The van der Waals surface area contributed by atoms with Crippen LogP contribution in [0.1, 0.15) is 30.6 Å². The van der Waals surface area contributed by atoms with Crippen molar-refractivity contribution in [3.8, 4) is 0 Å². The molecule has 2 nitrogen and oxygen atoms in total. The van der Waals surface area contributed by atoms with Crippen molar-refractivity contribution in [2.24, 2.45) is 11.1 Å². The number of carbonyl (C=O) groups is 1. The SMILES string of the molecule is CCC(C)(CN)C(=O)c1ccc(Cl)c(Cl)c1. The molecule has 1 atom stereocenters. The maximum absolute atomic E-state index is 12.2. The van der Waals surface area contributed by atoms with Crippen molar-refractivity contribution in [3.63, 3.8) is 0 Å². The molecule has 1 aromatic rings. The average Bonchev–Trinajstić information content (AvgIpc) is 2.30. The fourth-order valence-corrected chi connectivity index (χ4v) is 1.68. The van der Waals surface area contributed by atoms with Crippen LogP contribution in [0.4, 0.5) is 0 Å². The van der Waals surface area contributed by atoms with Crippen molar-refractivity contribution < 1.29 is 4.79 Å². The smallest absolute Gasteiger partial charge is 0.170 e. The Bertz CT molecular complexity index is 400. The van der Waals surface area contributed by atoms with E-state index in [4.69, 9.17) is 28.9 Å². The summed E-state index contributed by atoms with van der Waals surface area (Å²) in [5.41, 5.74) is 5.67. The number of nitrogens with two attached hydrogens (primary N) is 1. The molecule has 0 saturated carbocycles. The Hall–Kier alpha value is -0.570. The summed E-state index contributed by atoms with van der Waals surface area (Å²) in [7, 11) is 0. The molecule has 16 heavy (non-hydrogen) atoms. The Morgan fingerprint density at radius 1 is 1.38 bits per heavy atom. The second kappa shape index (κ2) is 5.17. The van der Waals surface area contributed by atoms with Crippen LogP contribution >= 0.6 is 23.2 Å². The summed E-state index contributed by atoms with van der Waals surface area (Å²) in [6.07, 6.45) is 0.697. The van der Waals surface area contributed by atoms with Gasteiger partial charge in [0.2, 0.25) is 0 Å². The third kappa shape index (κ3) is 2.57. The van der Waals surface area contributed by atoms with Gasteiger partial charge >= 0.3 is 0 Å². The molecule has 0 radical (unpaired) electrons. The Morgan fingerprint density at radius 2 is 2.00 bits per heavy atom. The van der Waals surface area contributed by atoms with Crippen LogP contribution in [0.5, 0.6) is 0 Å². The van der Waals surface area contributed by atoms with E-state index in [-0.39, 0.29) is 5.78 Å². The first-order valence-electron chi connectivity index (χ1n) is 5.14. The molecule has 0 aliphatic heterocycles. The number of halogens is 2. The monoisotopic (exact) mass is 259 g/mol. The quantitative estimate of drug-likeness (QED) is 0.841. The number of Topliss-reactive ketones (excluding diaryl/α,β-unsaturated/α-hetero) is 1. The topological polar surface area (TPSA) is 43.1 Å². The molecule has 0 aromatic heterocycles. The third-order valence-corrected chi connectivity index (χ3v) is 3.70. The zero-order valence-corrected chi connectivity index (χ0v) is 10.9. The van der Waals surface area contributed by atoms with Gasteiger partial charge in [-0.25, -0.2) is 0 Å². The minimum atomic E-state index is -0.531. The predicted molar refractivity (Wildman–Crippen MR) is 68.2 cm³/mol. The fourth-order valence-electron chi connectivity index (χ4n) is 1.38. The molecule has 4 heteroatoms. The molecule has 0 heterocycles. The van der Waals surface area contributed by atoms with Gasteiger partial charge < -0.3 is 5.73 Å². The highest BCUT2D eigenvalue weighted by Gasteiger charge is 2.30. The summed E-state index contributed by atoms with van der Waals surface area (Å²) in [5, 5.41) is 0.840. The van der Waals surface area contributed by atoms with Crippen molar-refractivity contribution in [1.82, 2.24) is 0 Å². The lowest BCUT2D eigenvalue weighted by Gasteiger charge is -2.24. The molecular weight excluding hydrogens is 245 g/mol. The highest BCUT2D eigenvalue weighted by atomic mass is 35.5. The van der Waals surface area contributed by atoms with E-state index in [9.17, 15) is 4.79 Å². The molecule has 0 spiro atoms. The number of ketones is 1. The lowest BCUT2D eigenvalue weighted by Crippen LogP contribution is -2.35. The summed E-state index contributed by atoms with van der Waals surface area (Å²) in [6.45, 7) is 4.13. The second-order valence-corrected chi connectivity index (χ2v) is 4.89. The van der Waals surface area contributed by atoms with Crippen LogP contribution in [0.15, 0.2) is 18.2 Å². The van der Waals surface area contributed by atoms with E-state index < -0.39 is 5.41 Å². The molecule has 1 aromatic carbocycles. The van der Waals surface area contributed by atoms with Crippen molar-refractivity contribution in [3.05, 3.63) is 33.8 Å². The van der Waals surface area contributed by atoms with Crippen LogP contribution in [0.2, 0.25) is 10.0 Å². The van der Waals surface area contributed by atoms with E-state index >= 15 is 0 Å². The van der Waals surface area contributed by atoms with Gasteiger partial charge in [-0.2, -0.15) is 0 Å². The molecule has 0 aliphatic rings. The van der Waals surface area contributed by atoms with Crippen LogP contribution in [0.3, 0.4) is 0 Å². The van der Waals surface area contributed by atoms with Gasteiger partial charge in [0.05, 0.1) is 10.0 Å². The van der Waals surface area contributed by atoms with Crippen molar-refractivity contribution in [2.75, 3.05) is 6.54 Å². The zero-order chi connectivity index (χ0) is 12.3. The molecular formula is C12H15Cl2NO. The van der Waals surface area contributed by atoms with E-state index in [0.29, 0.717) is 28.6 Å². The summed E-state index contributed by atoms with van der Waals surface area (Å²) in [6, 6.07) is 4.90. The van der Waals surface area contributed by atoms with Crippen molar-refractivity contribution in [1.29, 1.82) is 0 Å². The summed E-state index contributed by atoms with van der Waals surface area (Å²) in [4.78, 5) is 12.2. The zero-order valence-electron chi connectivity index (χ0n) is 9.39. The van der Waals surface area contributed by atoms with Gasteiger partial charge in [0.25, 0.3) is 0 Å². The van der Waals surface area contributed by atoms with Gasteiger partial charge in [0.1, 0.15) is 0 Å². The summed E-state index contributed by atoms with van der Waals surface area (Å²) in [5.74, 6) is 0.0102. The molecule has 0 bridgehead atoms. The molecule has 2 N–H and O–H groups in total. The van der Waals surface area contributed by atoms with Gasteiger partial charge in [-0.15, -0.1) is 0 Å². The maximum Gasteiger partial charge on any atom is 0.170 e. The Balaban J connectivity index is 3.09. The van der Waals surface area contributed by atoms with Gasteiger partial charge in [0, 0.05) is 17.5 Å². The maximum atomic E-state index is 12.2. The highest BCUT2D eigenvalue weighted by molar-refractivity contribution is 6.42. The molecule has 0 aliphatic carbocycles. The highest BCUT2D eigenvalue weighted by Crippen LogP contribution is 2.29. The third-order valence-electron chi connectivity index (χ3n) is 2.96. The van der Waals surface area contributed by atoms with E-state index in [1.54, 1.807) is 18.2 Å². The van der Waals surface area contributed by atoms with Crippen LogP contribution < -0.4 is 5.73 Å². The normalized spacial score (nSPS) is 14.6. The number of hydrogen-bond donors (Lipinski definition) is 1. The Labute approximate surface area is 106 Å². The van der Waals surface area contributed by atoms with Crippen LogP contribution in [-0.4, -0.2) is 12.3 Å². The lowest BCUT2D eigenvalue weighted by molar-refractivity contribution is 0.0820. The van der Waals surface area contributed by atoms with Gasteiger partial charge in [-0.1, -0.05) is 37.0 Å². The average molecular weight is 260 g/mol. The van der Waals surface area contributed by atoms with E-state index in [0.717, 1.165) is 0 Å². The van der Waals surface area contributed by atoms with E-state index in [1.807, 2.05) is 13.8 Å². The first-order chi connectivity index (χ1) is 7.44. The first kappa shape index (κ1) is 13.5. The molecule has 0 fully saturated rings. The van der Waals surface area contributed by atoms with Crippen LogP contribution in [0, 0.1) is 5.41 Å². The summed E-state index contributed by atoms with van der Waals surface area (Å²) >= 11 is 11.7. The lowest BCUT2D eigenvalue weighted by atomic mass is 9.80. The predicted octanol–water partition coefficient (Wildman–Crippen LogP) is 3.55. The minimum absolute atomic E-state index is 0.0102. The second-order valence-electron chi connectivity index (χ2n) is 4.08. The largest absolute Gasteiger partial charge is 0.329 e. The van der Waals surface area contributed by atoms with Crippen LogP contribution in [0.25, 0.3) is 0 Å². The number of carbonyl (C=O) groups excluding carboxylic acids is 1.